The fraction of sp³-hybridized carbons (Fsp3) is 0.462. The second-order valence-electron chi connectivity index (χ2n) is 5.24. The van der Waals surface area contributed by atoms with Crippen molar-refractivity contribution < 1.29 is 20.1 Å². The zero-order chi connectivity index (χ0) is 13.4. The topological polar surface area (TPSA) is 77.8 Å². The fourth-order valence-electron chi connectivity index (χ4n) is 1.54. The lowest BCUT2D eigenvalue weighted by atomic mass is 9.84. The van der Waals surface area contributed by atoms with Gasteiger partial charge in [0.2, 0.25) is 0 Å². The molecule has 1 aromatic carbocycles. The van der Waals surface area contributed by atoms with E-state index in [9.17, 15) is 15.0 Å². The summed E-state index contributed by atoms with van der Waals surface area (Å²) in [6.07, 6.45) is 0. The lowest BCUT2D eigenvalue weighted by Crippen LogP contribution is -2.14. The normalized spacial score (nSPS) is 13.4. The zero-order valence-electron chi connectivity index (χ0n) is 10.5. The number of phenolic OH excluding ortho intramolecular Hbond substituents is 2. The van der Waals surface area contributed by atoms with Crippen LogP contribution in [0.3, 0.4) is 0 Å². The van der Waals surface area contributed by atoms with Crippen LogP contribution < -0.4 is 0 Å². The van der Waals surface area contributed by atoms with Crippen molar-refractivity contribution in [1.29, 1.82) is 0 Å². The Bertz CT molecular complexity index is 443. The molecule has 4 nitrogen and oxygen atoms in total. The SMILES string of the molecule is CC(C(=O)O)c1cc(C(C)(C)C)cc(O)c1O. The molecule has 0 aliphatic rings. The summed E-state index contributed by atoms with van der Waals surface area (Å²) in [4.78, 5) is 10.9. The van der Waals surface area contributed by atoms with Crippen LogP contribution in [0.15, 0.2) is 12.1 Å². The standard InChI is InChI=1S/C13H18O4/c1-7(12(16)17)9-5-8(13(2,3)4)6-10(14)11(9)15/h5-7,14-15H,1-4H3,(H,16,17). The molecule has 1 unspecified atom stereocenters. The molecule has 4 heteroatoms. The second-order valence-corrected chi connectivity index (χ2v) is 5.24. The molecule has 94 valence electrons. The molecule has 1 aromatic rings. The first-order valence-electron chi connectivity index (χ1n) is 5.43. The first kappa shape index (κ1) is 13.4. The zero-order valence-corrected chi connectivity index (χ0v) is 10.5. The molecule has 0 heterocycles. The molecule has 17 heavy (non-hydrogen) atoms. The van der Waals surface area contributed by atoms with Gasteiger partial charge >= 0.3 is 5.97 Å². The van der Waals surface area contributed by atoms with Crippen LogP contribution in [0, 0.1) is 0 Å². The van der Waals surface area contributed by atoms with Crippen molar-refractivity contribution in [2.24, 2.45) is 0 Å². The van der Waals surface area contributed by atoms with Crippen LogP contribution in [0.1, 0.15) is 44.7 Å². The number of aliphatic carboxylic acids is 1. The van der Waals surface area contributed by atoms with Gasteiger partial charge in [-0.05, 0) is 24.0 Å². The maximum absolute atomic E-state index is 10.9. The third kappa shape index (κ3) is 2.70. The summed E-state index contributed by atoms with van der Waals surface area (Å²) in [5.74, 6) is -2.53. The van der Waals surface area contributed by atoms with Crippen LogP contribution in [0.25, 0.3) is 0 Å². The van der Waals surface area contributed by atoms with Crippen LogP contribution in [-0.2, 0) is 10.2 Å². The molecular formula is C13H18O4. The highest BCUT2D eigenvalue weighted by atomic mass is 16.4. The van der Waals surface area contributed by atoms with Gasteiger partial charge < -0.3 is 15.3 Å². The summed E-state index contributed by atoms with van der Waals surface area (Å²) in [7, 11) is 0. The smallest absolute Gasteiger partial charge is 0.310 e. The summed E-state index contributed by atoms with van der Waals surface area (Å²) in [6, 6.07) is 3.10. The van der Waals surface area contributed by atoms with Crippen molar-refractivity contribution in [3.63, 3.8) is 0 Å². The largest absolute Gasteiger partial charge is 0.504 e. The quantitative estimate of drug-likeness (QED) is 0.692. The highest BCUT2D eigenvalue weighted by molar-refractivity contribution is 5.77. The van der Waals surface area contributed by atoms with Gasteiger partial charge in [0.15, 0.2) is 11.5 Å². The molecule has 0 aliphatic heterocycles. The van der Waals surface area contributed by atoms with Crippen molar-refractivity contribution in [2.45, 2.75) is 39.0 Å². The molecule has 0 saturated heterocycles. The van der Waals surface area contributed by atoms with Gasteiger partial charge in [-0.1, -0.05) is 26.8 Å². The summed E-state index contributed by atoms with van der Waals surface area (Å²) >= 11 is 0. The number of phenols is 2. The minimum atomic E-state index is -1.04. The molecule has 0 bridgehead atoms. The van der Waals surface area contributed by atoms with E-state index in [-0.39, 0.29) is 22.5 Å². The first-order chi connectivity index (χ1) is 7.64. The Balaban J connectivity index is 3.40. The van der Waals surface area contributed by atoms with Crippen LogP contribution in [0.5, 0.6) is 11.5 Å². The van der Waals surface area contributed by atoms with Crippen LogP contribution >= 0.6 is 0 Å². The molecule has 0 amide bonds. The second kappa shape index (κ2) is 4.28. The van der Waals surface area contributed by atoms with E-state index in [4.69, 9.17) is 5.11 Å². The molecule has 0 aliphatic carbocycles. The fourth-order valence-corrected chi connectivity index (χ4v) is 1.54. The number of benzene rings is 1. The third-order valence-electron chi connectivity index (χ3n) is 2.82. The van der Waals surface area contributed by atoms with E-state index in [2.05, 4.69) is 0 Å². The average Bonchev–Trinajstić information content (AvgIpc) is 2.19. The van der Waals surface area contributed by atoms with E-state index in [1.807, 2.05) is 20.8 Å². The predicted octanol–water partition coefficient (Wildman–Crippen LogP) is 2.58. The Kier molecular flexibility index (Phi) is 3.36. The number of carboxylic acid groups (broad SMARTS) is 1. The van der Waals surface area contributed by atoms with Crippen molar-refractivity contribution in [2.75, 3.05) is 0 Å². The van der Waals surface area contributed by atoms with Gasteiger partial charge in [0.25, 0.3) is 0 Å². The van der Waals surface area contributed by atoms with Gasteiger partial charge in [0.05, 0.1) is 5.92 Å². The molecule has 3 N–H and O–H groups in total. The van der Waals surface area contributed by atoms with Crippen LogP contribution in [0.2, 0.25) is 0 Å². The van der Waals surface area contributed by atoms with E-state index in [1.165, 1.54) is 13.0 Å². The number of aromatic hydroxyl groups is 2. The van der Waals surface area contributed by atoms with E-state index < -0.39 is 11.9 Å². The number of hydrogen-bond donors (Lipinski definition) is 3. The lowest BCUT2D eigenvalue weighted by Gasteiger charge is -2.22. The van der Waals surface area contributed by atoms with E-state index in [0.29, 0.717) is 0 Å². The maximum Gasteiger partial charge on any atom is 0.310 e. The van der Waals surface area contributed by atoms with Gasteiger partial charge in [-0.25, -0.2) is 0 Å². The minimum Gasteiger partial charge on any atom is -0.504 e. The molecule has 0 radical (unpaired) electrons. The molecule has 1 rings (SSSR count). The van der Waals surface area contributed by atoms with Gasteiger partial charge in [-0.15, -0.1) is 0 Å². The molecule has 0 fully saturated rings. The molecule has 0 spiro atoms. The summed E-state index contributed by atoms with van der Waals surface area (Å²) < 4.78 is 0. The van der Waals surface area contributed by atoms with Crippen molar-refractivity contribution in [3.8, 4) is 11.5 Å². The van der Waals surface area contributed by atoms with Crippen LogP contribution in [0.4, 0.5) is 0 Å². The number of rotatable bonds is 2. The van der Waals surface area contributed by atoms with Crippen molar-refractivity contribution in [3.05, 3.63) is 23.3 Å². The number of hydrogen-bond acceptors (Lipinski definition) is 3. The van der Waals surface area contributed by atoms with Gasteiger partial charge in [-0.2, -0.15) is 0 Å². The average molecular weight is 238 g/mol. The monoisotopic (exact) mass is 238 g/mol. The molecular weight excluding hydrogens is 220 g/mol. The Morgan fingerprint density at radius 3 is 2.18 bits per heavy atom. The molecule has 0 saturated carbocycles. The van der Waals surface area contributed by atoms with Crippen molar-refractivity contribution in [1.82, 2.24) is 0 Å². The van der Waals surface area contributed by atoms with Crippen LogP contribution in [-0.4, -0.2) is 21.3 Å². The Morgan fingerprint density at radius 1 is 1.24 bits per heavy atom. The first-order valence-corrected chi connectivity index (χ1v) is 5.43. The maximum atomic E-state index is 10.9. The number of carboxylic acids is 1. The molecule has 1 atom stereocenters. The molecule has 0 aromatic heterocycles. The van der Waals surface area contributed by atoms with Gasteiger partial charge in [-0.3, -0.25) is 4.79 Å². The third-order valence-corrected chi connectivity index (χ3v) is 2.82. The highest BCUT2D eigenvalue weighted by Gasteiger charge is 2.24. The minimum absolute atomic E-state index is 0.224. The summed E-state index contributed by atoms with van der Waals surface area (Å²) in [6.45, 7) is 7.33. The van der Waals surface area contributed by atoms with E-state index >= 15 is 0 Å². The Labute approximate surface area is 101 Å². The van der Waals surface area contributed by atoms with E-state index in [0.717, 1.165) is 5.56 Å². The van der Waals surface area contributed by atoms with Crippen molar-refractivity contribution >= 4 is 5.97 Å². The predicted molar refractivity (Wildman–Crippen MR) is 64.5 cm³/mol. The van der Waals surface area contributed by atoms with E-state index in [1.54, 1.807) is 6.07 Å². The Morgan fingerprint density at radius 2 is 1.76 bits per heavy atom. The Hall–Kier alpha value is -1.71. The highest BCUT2D eigenvalue weighted by Crippen LogP contribution is 2.38. The summed E-state index contributed by atoms with van der Waals surface area (Å²) in [5, 5.41) is 28.3. The summed E-state index contributed by atoms with van der Waals surface area (Å²) in [5.41, 5.74) is 0.802. The van der Waals surface area contributed by atoms with Gasteiger partial charge in [0, 0.05) is 5.56 Å². The lowest BCUT2D eigenvalue weighted by molar-refractivity contribution is -0.138. The number of carbonyl (C=O) groups is 1. The van der Waals surface area contributed by atoms with Gasteiger partial charge in [0.1, 0.15) is 0 Å².